The number of benzene rings is 1. The van der Waals surface area contributed by atoms with Gasteiger partial charge in [-0.2, -0.15) is 9.97 Å². The van der Waals surface area contributed by atoms with Crippen molar-refractivity contribution in [3.63, 3.8) is 0 Å². The molecule has 30 heavy (non-hydrogen) atoms. The normalized spacial score (nSPS) is 12.0. The lowest BCUT2D eigenvalue weighted by Gasteiger charge is -2.30. The molecule has 0 saturated heterocycles. The molecule has 10 heteroatoms. The maximum Gasteiger partial charge on any atom is 0.271 e. The van der Waals surface area contributed by atoms with Gasteiger partial charge < -0.3 is 26.0 Å². The minimum absolute atomic E-state index is 0.00408. The average molecular weight is 418 g/mol. The van der Waals surface area contributed by atoms with Gasteiger partial charge in [0.05, 0.1) is 24.2 Å². The van der Waals surface area contributed by atoms with Crippen LogP contribution in [-0.4, -0.2) is 52.4 Å². The van der Waals surface area contributed by atoms with E-state index >= 15 is 0 Å². The van der Waals surface area contributed by atoms with Gasteiger partial charge in [-0.3, -0.25) is 10.1 Å². The highest BCUT2D eigenvalue weighted by molar-refractivity contribution is 5.68. The highest BCUT2D eigenvalue weighted by Crippen LogP contribution is 2.30. The van der Waals surface area contributed by atoms with Crippen LogP contribution in [0.25, 0.3) is 0 Å². The molecule has 2 aromatic rings. The second-order valence-corrected chi connectivity index (χ2v) is 7.28. The number of nitro groups is 1. The molecule has 1 aromatic heterocycles. The van der Waals surface area contributed by atoms with Gasteiger partial charge in [0.1, 0.15) is 11.6 Å². The zero-order chi connectivity index (χ0) is 22.3. The smallest absolute Gasteiger partial charge is 0.271 e. The van der Waals surface area contributed by atoms with Gasteiger partial charge in [0.15, 0.2) is 0 Å². The Balaban J connectivity index is 2.52. The van der Waals surface area contributed by atoms with Crippen LogP contribution in [-0.2, 0) is 0 Å². The van der Waals surface area contributed by atoms with Crippen molar-refractivity contribution >= 4 is 29.0 Å². The van der Waals surface area contributed by atoms with Crippen molar-refractivity contribution < 1.29 is 10.0 Å². The van der Waals surface area contributed by atoms with Crippen molar-refractivity contribution in [2.75, 3.05) is 35.9 Å². The monoisotopic (exact) mass is 417 g/mol. The van der Waals surface area contributed by atoms with Gasteiger partial charge in [-0.15, -0.1) is 0 Å². The predicted molar refractivity (Wildman–Crippen MR) is 119 cm³/mol. The number of nitro benzene ring substituents is 1. The molecule has 0 bridgehead atoms. The molecule has 0 aliphatic heterocycles. The first-order chi connectivity index (χ1) is 14.3. The van der Waals surface area contributed by atoms with E-state index in [1.54, 1.807) is 12.1 Å². The number of aromatic nitrogens is 2. The maximum absolute atomic E-state index is 11.1. The summed E-state index contributed by atoms with van der Waals surface area (Å²) in [4.78, 5) is 22.1. The summed E-state index contributed by atoms with van der Waals surface area (Å²) >= 11 is 0. The number of non-ortho nitro benzene ring substituents is 1. The molecule has 4 N–H and O–H groups in total. The molecule has 2 rings (SSSR count). The van der Waals surface area contributed by atoms with Gasteiger partial charge in [-0.05, 0) is 40.3 Å². The van der Waals surface area contributed by atoms with Gasteiger partial charge in [-0.1, -0.05) is 13.0 Å². The average Bonchev–Trinajstić information content (AvgIpc) is 2.72. The van der Waals surface area contributed by atoms with E-state index in [0.717, 1.165) is 11.4 Å². The summed E-state index contributed by atoms with van der Waals surface area (Å²) in [6.07, 6.45) is 0.709. The fourth-order valence-electron chi connectivity index (χ4n) is 2.94. The van der Waals surface area contributed by atoms with E-state index in [0.29, 0.717) is 30.5 Å². The van der Waals surface area contributed by atoms with Gasteiger partial charge in [0, 0.05) is 29.4 Å². The molecule has 10 nitrogen and oxygen atoms in total. The Labute approximate surface area is 176 Å². The second-order valence-electron chi connectivity index (χ2n) is 7.28. The zero-order valence-corrected chi connectivity index (χ0v) is 18.1. The Bertz CT molecular complexity index is 856. The van der Waals surface area contributed by atoms with Crippen LogP contribution in [0, 0.1) is 17.0 Å². The highest BCUT2D eigenvalue weighted by Gasteiger charge is 2.20. The number of nitrogens with zero attached hydrogens (tertiary/aromatic N) is 4. The van der Waals surface area contributed by atoms with Crippen molar-refractivity contribution in [1.82, 2.24) is 15.3 Å². The molecule has 0 aliphatic carbocycles. The summed E-state index contributed by atoms with van der Waals surface area (Å²) in [6.45, 7) is 8.56. The number of hydrogen-bond donors (Lipinski definition) is 4. The number of aliphatic hydroxyl groups excluding tert-OH is 1. The lowest BCUT2D eigenvalue weighted by molar-refractivity contribution is -0.384. The van der Waals surface area contributed by atoms with E-state index in [-0.39, 0.29) is 24.4 Å². The molecule has 1 aromatic carbocycles. The summed E-state index contributed by atoms with van der Waals surface area (Å²) in [7, 11) is 1.87. The van der Waals surface area contributed by atoms with Gasteiger partial charge in [-0.25, -0.2) is 0 Å². The number of anilines is 4. The Hall–Kier alpha value is -2.98. The largest absolute Gasteiger partial charge is 0.394 e. The molecule has 0 spiro atoms. The number of rotatable bonds is 11. The Morgan fingerprint density at radius 1 is 1.30 bits per heavy atom. The topological polar surface area (TPSA) is 128 Å². The van der Waals surface area contributed by atoms with E-state index in [1.807, 2.05) is 20.9 Å². The molecule has 0 fully saturated rings. The van der Waals surface area contributed by atoms with Crippen LogP contribution in [0.3, 0.4) is 0 Å². The fourth-order valence-corrected chi connectivity index (χ4v) is 2.94. The van der Waals surface area contributed by atoms with Crippen LogP contribution in [0.4, 0.5) is 29.0 Å². The highest BCUT2D eigenvalue weighted by atomic mass is 16.6. The first kappa shape index (κ1) is 23.3. The first-order valence-electron chi connectivity index (χ1n) is 9.99. The standard InChI is InChI=1S/C20H31N7O3/c1-6-15(11-28)23-20-24-18(22-16-8-7-9-17(10-16)27(29)30)14(4)19(25-20)26(12-21-5)13(2)3/h7-10,13,15,21,28H,6,11-12H2,1-5H3,(H2,22,23,24,25)/t15-/m1/s1. The van der Waals surface area contributed by atoms with Crippen molar-refractivity contribution in [2.45, 2.75) is 46.2 Å². The minimum atomic E-state index is -0.434. The lowest BCUT2D eigenvalue weighted by Crippen LogP contribution is -2.39. The predicted octanol–water partition coefficient (Wildman–Crippen LogP) is 3.01. The third-order valence-corrected chi connectivity index (χ3v) is 4.71. The van der Waals surface area contributed by atoms with Crippen LogP contribution < -0.4 is 20.9 Å². The molecule has 1 heterocycles. The van der Waals surface area contributed by atoms with Gasteiger partial charge >= 0.3 is 0 Å². The minimum Gasteiger partial charge on any atom is -0.394 e. The maximum atomic E-state index is 11.1. The van der Waals surface area contributed by atoms with Crippen LogP contribution in [0.2, 0.25) is 0 Å². The Morgan fingerprint density at radius 3 is 2.60 bits per heavy atom. The van der Waals surface area contributed by atoms with Crippen molar-refractivity contribution in [3.05, 3.63) is 39.9 Å². The number of aliphatic hydroxyl groups is 1. The molecule has 164 valence electrons. The van der Waals surface area contributed by atoms with E-state index < -0.39 is 4.92 Å². The van der Waals surface area contributed by atoms with Gasteiger partial charge in [0.2, 0.25) is 5.95 Å². The second kappa shape index (κ2) is 10.7. The Kier molecular flexibility index (Phi) is 8.31. The zero-order valence-electron chi connectivity index (χ0n) is 18.1. The third kappa shape index (κ3) is 5.77. The molecule has 0 saturated carbocycles. The van der Waals surface area contributed by atoms with Crippen LogP contribution >= 0.6 is 0 Å². The quantitative estimate of drug-likeness (QED) is 0.248. The number of nitrogens with one attached hydrogen (secondary N) is 3. The summed E-state index contributed by atoms with van der Waals surface area (Å²) in [5.41, 5.74) is 1.37. The Morgan fingerprint density at radius 2 is 2.03 bits per heavy atom. The van der Waals surface area contributed by atoms with E-state index in [2.05, 4.69) is 39.7 Å². The lowest BCUT2D eigenvalue weighted by atomic mass is 10.2. The summed E-state index contributed by atoms with van der Waals surface area (Å²) < 4.78 is 0. The van der Waals surface area contributed by atoms with Crippen LogP contribution in [0.5, 0.6) is 0 Å². The van der Waals surface area contributed by atoms with Gasteiger partial charge in [0.25, 0.3) is 5.69 Å². The van der Waals surface area contributed by atoms with E-state index in [4.69, 9.17) is 4.98 Å². The molecular formula is C20H31N7O3. The third-order valence-electron chi connectivity index (χ3n) is 4.71. The van der Waals surface area contributed by atoms with Crippen molar-refractivity contribution in [3.8, 4) is 0 Å². The van der Waals surface area contributed by atoms with Crippen LogP contribution in [0.15, 0.2) is 24.3 Å². The van der Waals surface area contributed by atoms with E-state index in [9.17, 15) is 15.2 Å². The summed E-state index contributed by atoms with van der Waals surface area (Å²) in [5.74, 6) is 1.65. The molecule has 1 atom stereocenters. The summed E-state index contributed by atoms with van der Waals surface area (Å²) in [6, 6.07) is 6.27. The van der Waals surface area contributed by atoms with Crippen LogP contribution in [0.1, 0.15) is 32.8 Å². The summed E-state index contributed by atoms with van der Waals surface area (Å²) in [5, 5.41) is 30.2. The van der Waals surface area contributed by atoms with E-state index in [1.165, 1.54) is 12.1 Å². The SMILES string of the molecule is CC[C@H](CO)Nc1nc(Nc2cccc([N+](=O)[O-])c2)c(C)c(N(CNC)C(C)C)n1. The molecule has 0 unspecified atom stereocenters. The molecule has 0 radical (unpaired) electrons. The molecule has 0 amide bonds. The fraction of sp³-hybridized carbons (Fsp3) is 0.500. The van der Waals surface area contributed by atoms with Crippen molar-refractivity contribution in [2.24, 2.45) is 0 Å². The van der Waals surface area contributed by atoms with Crippen molar-refractivity contribution in [1.29, 1.82) is 0 Å². The molecule has 0 aliphatic rings. The molecular weight excluding hydrogens is 386 g/mol. The first-order valence-corrected chi connectivity index (χ1v) is 9.99. The number of hydrogen-bond acceptors (Lipinski definition) is 9.